The van der Waals surface area contributed by atoms with Crippen molar-refractivity contribution in [3.05, 3.63) is 65.2 Å². The maximum atomic E-state index is 12.1. The number of carbonyl (C=O) groups excluding carboxylic acids is 1. The van der Waals surface area contributed by atoms with Crippen LogP contribution >= 0.6 is 24.0 Å². The van der Waals surface area contributed by atoms with E-state index in [4.69, 9.17) is 17.3 Å². The SMILES string of the molecule is Cl.NCCN(CCC(=O)Nc1cccc(Cl)c1)Cc1ccccc1. The van der Waals surface area contributed by atoms with E-state index in [1.807, 2.05) is 30.3 Å². The Hall–Kier alpha value is -1.59. The van der Waals surface area contributed by atoms with E-state index < -0.39 is 0 Å². The van der Waals surface area contributed by atoms with E-state index in [1.165, 1.54) is 5.56 Å². The first-order valence-electron chi connectivity index (χ1n) is 7.69. The van der Waals surface area contributed by atoms with Crippen molar-refractivity contribution in [2.24, 2.45) is 5.73 Å². The van der Waals surface area contributed by atoms with E-state index in [0.29, 0.717) is 24.5 Å². The number of amides is 1. The predicted octanol–water partition coefficient (Wildman–Crippen LogP) is 3.55. The van der Waals surface area contributed by atoms with Gasteiger partial charge in [-0.2, -0.15) is 0 Å². The van der Waals surface area contributed by atoms with Gasteiger partial charge >= 0.3 is 0 Å². The van der Waals surface area contributed by atoms with Gasteiger partial charge < -0.3 is 11.1 Å². The monoisotopic (exact) mass is 367 g/mol. The van der Waals surface area contributed by atoms with Crippen LogP contribution in [-0.2, 0) is 11.3 Å². The fraction of sp³-hybridized carbons (Fsp3) is 0.278. The van der Waals surface area contributed by atoms with Crippen LogP contribution in [-0.4, -0.2) is 30.4 Å². The van der Waals surface area contributed by atoms with Gasteiger partial charge in [-0.3, -0.25) is 9.69 Å². The molecule has 0 aromatic heterocycles. The van der Waals surface area contributed by atoms with Gasteiger partial charge in [0.25, 0.3) is 0 Å². The van der Waals surface area contributed by atoms with Crippen LogP contribution < -0.4 is 11.1 Å². The summed E-state index contributed by atoms with van der Waals surface area (Å²) in [7, 11) is 0. The topological polar surface area (TPSA) is 58.4 Å². The molecule has 0 bridgehead atoms. The number of anilines is 1. The van der Waals surface area contributed by atoms with E-state index in [0.717, 1.165) is 18.8 Å². The average Bonchev–Trinajstić information content (AvgIpc) is 2.54. The first kappa shape index (κ1) is 20.5. The Morgan fingerprint density at radius 1 is 1.08 bits per heavy atom. The molecular formula is C18H23Cl2N3O. The van der Waals surface area contributed by atoms with Crippen molar-refractivity contribution in [2.45, 2.75) is 13.0 Å². The van der Waals surface area contributed by atoms with Crippen LogP contribution in [0.2, 0.25) is 5.02 Å². The molecule has 0 aliphatic heterocycles. The lowest BCUT2D eigenvalue weighted by molar-refractivity contribution is -0.116. The number of nitrogens with two attached hydrogens (primary N) is 1. The summed E-state index contributed by atoms with van der Waals surface area (Å²) in [6.45, 7) is 2.79. The smallest absolute Gasteiger partial charge is 0.225 e. The van der Waals surface area contributed by atoms with Crippen LogP contribution in [0.25, 0.3) is 0 Å². The van der Waals surface area contributed by atoms with Crippen molar-refractivity contribution in [3.8, 4) is 0 Å². The van der Waals surface area contributed by atoms with Crippen molar-refractivity contribution in [1.82, 2.24) is 4.90 Å². The molecule has 0 fully saturated rings. The first-order valence-corrected chi connectivity index (χ1v) is 8.07. The molecule has 2 rings (SSSR count). The predicted molar refractivity (Wildman–Crippen MR) is 103 cm³/mol. The normalized spacial score (nSPS) is 10.3. The zero-order chi connectivity index (χ0) is 16.5. The number of halogens is 2. The Morgan fingerprint density at radius 3 is 2.50 bits per heavy atom. The molecule has 4 nitrogen and oxygen atoms in total. The van der Waals surface area contributed by atoms with Crippen molar-refractivity contribution >= 4 is 35.6 Å². The summed E-state index contributed by atoms with van der Waals surface area (Å²) in [6, 6.07) is 17.3. The number of benzene rings is 2. The first-order chi connectivity index (χ1) is 11.2. The highest BCUT2D eigenvalue weighted by molar-refractivity contribution is 6.30. The molecule has 130 valence electrons. The van der Waals surface area contributed by atoms with Crippen molar-refractivity contribution in [2.75, 3.05) is 25.0 Å². The summed E-state index contributed by atoms with van der Waals surface area (Å²) in [6.07, 6.45) is 0.416. The Labute approximate surface area is 154 Å². The number of rotatable bonds is 8. The molecule has 24 heavy (non-hydrogen) atoms. The lowest BCUT2D eigenvalue weighted by atomic mass is 10.2. The molecule has 0 saturated heterocycles. The molecular weight excluding hydrogens is 345 g/mol. The molecule has 2 aromatic rings. The van der Waals surface area contributed by atoms with Gasteiger partial charge in [0.15, 0.2) is 0 Å². The highest BCUT2D eigenvalue weighted by Crippen LogP contribution is 2.15. The third-order valence-corrected chi connectivity index (χ3v) is 3.69. The highest BCUT2D eigenvalue weighted by Gasteiger charge is 2.09. The lowest BCUT2D eigenvalue weighted by Gasteiger charge is -2.21. The molecule has 0 spiro atoms. The maximum absolute atomic E-state index is 12.1. The minimum Gasteiger partial charge on any atom is -0.329 e. The Morgan fingerprint density at radius 2 is 1.83 bits per heavy atom. The van der Waals surface area contributed by atoms with Gasteiger partial charge in [0.1, 0.15) is 0 Å². The fourth-order valence-corrected chi connectivity index (χ4v) is 2.53. The van der Waals surface area contributed by atoms with E-state index in [9.17, 15) is 4.79 Å². The van der Waals surface area contributed by atoms with Crippen LogP contribution in [0.15, 0.2) is 54.6 Å². The van der Waals surface area contributed by atoms with Gasteiger partial charge in [0.05, 0.1) is 0 Å². The van der Waals surface area contributed by atoms with Gasteiger partial charge in [-0.15, -0.1) is 12.4 Å². The Balaban J connectivity index is 0.00000288. The third kappa shape index (κ3) is 7.32. The molecule has 0 radical (unpaired) electrons. The van der Waals surface area contributed by atoms with E-state index in [2.05, 4.69) is 22.3 Å². The van der Waals surface area contributed by atoms with Gasteiger partial charge in [-0.1, -0.05) is 48.0 Å². The largest absolute Gasteiger partial charge is 0.329 e. The second-order valence-corrected chi connectivity index (χ2v) is 5.80. The highest BCUT2D eigenvalue weighted by atomic mass is 35.5. The average molecular weight is 368 g/mol. The minimum atomic E-state index is -0.0256. The molecule has 0 aliphatic rings. The summed E-state index contributed by atoms with van der Waals surface area (Å²) in [5, 5.41) is 3.47. The molecule has 0 heterocycles. The third-order valence-electron chi connectivity index (χ3n) is 3.46. The second kappa shape index (κ2) is 11.0. The van der Waals surface area contributed by atoms with Crippen molar-refractivity contribution in [1.29, 1.82) is 0 Å². The molecule has 0 aliphatic carbocycles. The Kier molecular flexibility index (Phi) is 9.42. The van der Waals surface area contributed by atoms with Crippen LogP contribution in [0.5, 0.6) is 0 Å². The Bertz CT molecular complexity index is 623. The fourth-order valence-electron chi connectivity index (χ4n) is 2.34. The van der Waals surface area contributed by atoms with E-state index >= 15 is 0 Å². The molecule has 6 heteroatoms. The zero-order valence-corrected chi connectivity index (χ0v) is 15.0. The van der Waals surface area contributed by atoms with E-state index in [1.54, 1.807) is 12.1 Å². The van der Waals surface area contributed by atoms with Crippen LogP contribution in [0, 0.1) is 0 Å². The number of carbonyl (C=O) groups is 1. The zero-order valence-electron chi connectivity index (χ0n) is 13.5. The number of hydrogen-bond acceptors (Lipinski definition) is 3. The maximum Gasteiger partial charge on any atom is 0.225 e. The van der Waals surface area contributed by atoms with E-state index in [-0.39, 0.29) is 18.3 Å². The summed E-state index contributed by atoms with van der Waals surface area (Å²) in [5.74, 6) is -0.0256. The second-order valence-electron chi connectivity index (χ2n) is 5.36. The van der Waals surface area contributed by atoms with Crippen molar-refractivity contribution in [3.63, 3.8) is 0 Å². The summed E-state index contributed by atoms with van der Waals surface area (Å²) >= 11 is 5.91. The van der Waals surface area contributed by atoms with Crippen molar-refractivity contribution < 1.29 is 4.79 Å². The molecule has 1 amide bonds. The van der Waals surface area contributed by atoms with Gasteiger partial charge in [0.2, 0.25) is 5.91 Å². The standard InChI is InChI=1S/C18H22ClN3O.ClH/c19-16-7-4-8-17(13-16)21-18(23)9-11-22(12-10-20)14-15-5-2-1-3-6-15;/h1-8,13H,9-12,14,20H2,(H,21,23);1H. The van der Waals surface area contributed by atoms with Crippen LogP contribution in [0.4, 0.5) is 5.69 Å². The molecule has 0 saturated carbocycles. The quantitative estimate of drug-likeness (QED) is 0.749. The van der Waals surface area contributed by atoms with Gasteiger partial charge in [-0.25, -0.2) is 0 Å². The molecule has 2 aromatic carbocycles. The summed E-state index contributed by atoms with van der Waals surface area (Å²) in [4.78, 5) is 14.3. The molecule has 0 unspecified atom stereocenters. The summed E-state index contributed by atoms with van der Waals surface area (Å²) < 4.78 is 0. The van der Waals surface area contributed by atoms with Gasteiger partial charge in [0, 0.05) is 43.3 Å². The van der Waals surface area contributed by atoms with Crippen LogP contribution in [0.1, 0.15) is 12.0 Å². The van der Waals surface area contributed by atoms with Gasteiger partial charge in [-0.05, 0) is 23.8 Å². The number of hydrogen-bond donors (Lipinski definition) is 2. The number of nitrogens with one attached hydrogen (secondary N) is 1. The summed E-state index contributed by atoms with van der Waals surface area (Å²) in [5.41, 5.74) is 7.61. The molecule has 3 N–H and O–H groups in total. The minimum absolute atomic E-state index is 0. The lowest BCUT2D eigenvalue weighted by Crippen LogP contribution is -2.32. The van der Waals surface area contributed by atoms with Crippen LogP contribution in [0.3, 0.4) is 0 Å². The number of nitrogens with zero attached hydrogens (tertiary/aromatic N) is 1. The molecule has 0 atom stereocenters.